The van der Waals surface area contributed by atoms with Crippen molar-refractivity contribution in [1.29, 1.82) is 0 Å². The summed E-state index contributed by atoms with van der Waals surface area (Å²) in [6, 6.07) is 0. The van der Waals surface area contributed by atoms with Crippen LogP contribution < -0.4 is 0 Å². The maximum Gasteiger partial charge on any atom is 0.306 e. The largest absolute Gasteiger partial charge is 0.458 e. The summed E-state index contributed by atoms with van der Waals surface area (Å²) in [4.78, 5) is 25.9. The summed E-state index contributed by atoms with van der Waals surface area (Å²) in [5.41, 5.74) is -0.0660. The van der Waals surface area contributed by atoms with Gasteiger partial charge in [0.25, 0.3) is 0 Å². The first-order valence-corrected chi connectivity index (χ1v) is 16.7. The van der Waals surface area contributed by atoms with Gasteiger partial charge >= 0.3 is 5.97 Å². The van der Waals surface area contributed by atoms with Gasteiger partial charge < -0.3 is 14.9 Å². The summed E-state index contributed by atoms with van der Waals surface area (Å²) >= 11 is 0. The van der Waals surface area contributed by atoms with Gasteiger partial charge in [-0.25, -0.2) is 0 Å². The molecule has 4 rings (SSSR count). The van der Waals surface area contributed by atoms with E-state index in [2.05, 4.69) is 20.8 Å². The van der Waals surface area contributed by atoms with Crippen molar-refractivity contribution >= 4 is 11.8 Å². The van der Waals surface area contributed by atoms with E-state index in [0.29, 0.717) is 19.3 Å². The third-order valence-corrected chi connectivity index (χ3v) is 11.1. The number of hydrogen-bond acceptors (Lipinski definition) is 5. The fraction of sp³-hybridized carbons (Fsp3) is 0.829. The number of fused-ring (bicyclic) bond motifs is 5. The Kier molecular flexibility index (Phi) is 10.8. The lowest BCUT2D eigenvalue weighted by Crippen LogP contribution is -2.56. The minimum absolute atomic E-state index is 0.0222. The summed E-state index contributed by atoms with van der Waals surface area (Å²) < 4.78 is 6.28. The Morgan fingerprint density at radius 1 is 0.925 bits per heavy atom. The number of carbonyl (C=O) groups is 2. The van der Waals surface area contributed by atoms with Gasteiger partial charge in [0.15, 0.2) is 5.78 Å². The van der Waals surface area contributed by atoms with Crippen molar-refractivity contribution in [2.75, 3.05) is 6.61 Å². The molecule has 2 fully saturated rings. The van der Waals surface area contributed by atoms with Gasteiger partial charge in [0, 0.05) is 36.0 Å². The quantitative estimate of drug-likeness (QED) is 0.117. The van der Waals surface area contributed by atoms with E-state index in [1.165, 1.54) is 70.6 Å². The number of rotatable bonds is 16. The molecule has 8 atom stereocenters. The minimum atomic E-state index is -1.07. The molecule has 226 valence electrons. The van der Waals surface area contributed by atoms with Crippen molar-refractivity contribution in [1.82, 2.24) is 0 Å². The van der Waals surface area contributed by atoms with E-state index in [-0.39, 0.29) is 53.9 Å². The van der Waals surface area contributed by atoms with Gasteiger partial charge in [-0.15, -0.1) is 0 Å². The third kappa shape index (κ3) is 6.31. The monoisotopic (exact) mass is 556 g/mol. The average Bonchev–Trinajstić information content (AvgIpc) is 3.41. The molecule has 0 aromatic heterocycles. The van der Waals surface area contributed by atoms with Crippen LogP contribution in [-0.2, 0) is 14.3 Å². The first kappa shape index (κ1) is 31.5. The molecule has 0 bridgehead atoms. The van der Waals surface area contributed by atoms with Gasteiger partial charge in [-0.2, -0.15) is 0 Å². The van der Waals surface area contributed by atoms with Crippen LogP contribution in [0.15, 0.2) is 23.3 Å². The lowest BCUT2D eigenvalue weighted by Gasteiger charge is -2.49. The minimum Gasteiger partial charge on any atom is -0.458 e. The SMILES string of the molecule is CCCCCCCCCCCCCCCC(=O)O[C@@]12C[C@@H](C)[C@]3(O)[C@@H]4C=C(C)C(=O)[C@@H]4CC(CO)=C[C@H]3[C@@H]1[C@@H]2C. The van der Waals surface area contributed by atoms with Crippen LogP contribution in [0.4, 0.5) is 0 Å². The summed E-state index contributed by atoms with van der Waals surface area (Å²) in [6.45, 7) is 8.19. The van der Waals surface area contributed by atoms with Gasteiger partial charge in [-0.1, -0.05) is 110 Å². The number of ether oxygens (including phenoxy) is 1. The lowest BCUT2D eigenvalue weighted by molar-refractivity contribution is -0.172. The number of aliphatic hydroxyl groups excluding tert-OH is 1. The Morgan fingerprint density at radius 3 is 2.08 bits per heavy atom. The zero-order chi connectivity index (χ0) is 28.9. The Balaban J connectivity index is 1.23. The van der Waals surface area contributed by atoms with Crippen LogP contribution in [0.3, 0.4) is 0 Å². The van der Waals surface area contributed by atoms with Crippen LogP contribution in [0.5, 0.6) is 0 Å². The molecule has 0 spiro atoms. The van der Waals surface area contributed by atoms with Crippen LogP contribution in [-0.4, -0.2) is 39.8 Å². The van der Waals surface area contributed by atoms with E-state index in [0.717, 1.165) is 24.0 Å². The second kappa shape index (κ2) is 13.7. The summed E-state index contributed by atoms with van der Waals surface area (Å²) in [6.07, 6.45) is 22.2. The number of carbonyl (C=O) groups excluding carboxylic acids is 2. The predicted octanol–water partition coefficient (Wildman–Crippen LogP) is 7.49. The normalized spacial score (nSPS) is 36.2. The van der Waals surface area contributed by atoms with Crippen LogP contribution in [0.2, 0.25) is 0 Å². The molecule has 0 saturated heterocycles. The zero-order valence-electron chi connectivity index (χ0n) is 25.8. The molecule has 0 heterocycles. The molecule has 2 saturated carbocycles. The number of esters is 1. The van der Waals surface area contributed by atoms with Gasteiger partial charge in [0.1, 0.15) is 5.60 Å². The number of ketones is 1. The predicted molar refractivity (Wildman–Crippen MR) is 160 cm³/mol. The van der Waals surface area contributed by atoms with Crippen LogP contribution in [0, 0.1) is 35.5 Å². The highest BCUT2D eigenvalue weighted by Crippen LogP contribution is 2.70. The maximum atomic E-state index is 13.0. The van der Waals surface area contributed by atoms with Gasteiger partial charge in [0.2, 0.25) is 0 Å². The van der Waals surface area contributed by atoms with Gasteiger partial charge in [-0.05, 0) is 43.3 Å². The van der Waals surface area contributed by atoms with E-state index >= 15 is 0 Å². The molecule has 4 aliphatic rings. The number of hydrogen-bond donors (Lipinski definition) is 2. The molecule has 5 nitrogen and oxygen atoms in total. The molecular formula is C35H56O5. The standard InChI is InChI=1S/C35H56O5/c1-5-6-7-8-9-10-11-12-13-14-15-16-17-18-31(37)40-34-22-25(3)35(39)29-19-24(2)33(38)28(29)20-27(23-36)21-30(35)32(34)26(34)4/h19,21,25-26,28-30,32,36,39H,5-18,20,22-23H2,1-4H3/t25-,26+,28-,29-,30+,32+,34-,35+/m1/s1. The first-order valence-electron chi connectivity index (χ1n) is 16.7. The number of unbranched alkanes of at least 4 members (excludes halogenated alkanes) is 12. The number of Topliss-reactive ketones (excluding diaryl/α,β-unsaturated/α-hetero) is 1. The van der Waals surface area contributed by atoms with Crippen molar-refractivity contribution < 1.29 is 24.5 Å². The van der Waals surface area contributed by atoms with E-state index in [9.17, 15) is 19.8 Å². The second-order valence-electron chi connectivity index (χ2n) is 13.8. The van der Waals surface area contributed by atoms with E-state index < -0.39 is 11.2 Å². The zero-order valence-corrected chi connectivity index (χ0v) is 25.8. The molecule has 0 unspecified atom stereocenters. The summed E-state index contributed by atoms with van der Waals surface area (Å²) in [5.74, 6) is -0.770. The Labute approximate surface area is 243 Å². The van der Waals surface area contributed by atoms with Crippen LogP contribution in [0.1, 0.15) is 130 Å². The summed E-state index contributed by atoms with van der Waals surface area (Å²) in [5, 5.41) is 22.4. The van der Waals surface area contributed by atoms with Gasteiger partial charge in [-0.3, -0.25) is 9.59 Å². The molecule has 40 heavy (non-hydrogen) atoms. The molecule has 4 aliphatic carbocycles. The van der Waals surface area contributed by atoms with Gasteiger partial charge in [0.05, 0.1) is 12.2 Å². The third-order valence-electron chi connectivity index (χ3n) is 11.1. The van der Waals surface area contributed by atoms with E-state index in [4.69, 9.17) is 4.74 Å². The van der Waals surface area contributed by atoms with Crippen molar-refractivity contribution in [3.05, 3.63) is 23.3 Å². The average molecular weight is 557 g/mol. The number of allylic oxidation sites excluding steroid dienone is 1. The molecule has 0 amide bonds. The maximum absolute atomic E-state index is 13.0. The summed E-state index contributed by atoms with van der Waals surface area (Å²) in [7, 11) is 0. The van der Waals surface area contributed by atoms with E-state index in [1.807, 2.05) is 19.1 Å². The van der Waals surface area contributed by atoms with Crippen LogP contribution in [0.25, 0.3) is 0 Å². The van der Waals surface area contributed by atoms with Crippen molar-refractivity contribution in [3.8, 4) is 0 Å². The molecule has 5 heteroatoms. The highest BCUT2D eigenvalue weighted by molar-refractivity contribution is 5.99. The first-order chi connectivity index (χ1) is 19.2. The lowest BCUT2D eigenvalue weighted by atomic mass is 9.61. The van der Waals surface area contributed by atoms with Crippen LogP contribution >= 0.6 is 0 Å². The Hall–Kier alpha value is -1.46. The number of aliphatic hydroxyl groups is 2. The van der Waals surface area contributed by atoms with E-state index in [1.54, 1.807) is 0 Å². The molecule has 0 aromatic carbocycles. The topological polar surface area (TPSA) is 83.8 Å². The highest BCUT2D eigenvalue weighted by atomic mass is 16.6. The molecule has 0 aromatic rings. The fourth-order valence-corrected chi connectivity index (χ4v) is 8.69. The molecular weight excluding hydrogens is 500 g/mol. The second-order valence-corrected chi connectivity index (χ2v) is 13.8. The van der Waals surface area contributed by atoms with Crippen molar-refractivity contribution in [3.63, 3.8) is 0 Å². The molecule has 0 aliphatic heterocycles. The molecule has 2 N–H and O–H groups in total. The highest BCUT2D eigenvalue weighted by Gasteiger charge is 2.76. The Bertz CT molecular complexity index is 951. The fourth-order valence-electron chi connectivity index (χ4n) is 8.69. The van der Waals surface area contributed by atoms with Crippen molar-refractivity contribution in [2.24, 2.45) is 35.5 Å². The molecule has 0 radical (unpaired) electrons. The smallest absolute Gasteiger partial charge is 0.306 e. The Morgan fingerprint density at radius 2 is 1.50 bits per heavy atom. The van der Waals surface area contributed by atoms with Crippen molar-refractivity contribution in [2.45, 2.75) is 142 Å².